The lowest BCUT2D eigenvalue weighted by Gasteiger charge is -2.09. The minimum atomic E-state index is -0.551. The van der Waals surface area contributed by atoms with Crippen LogP contribution in [0.15, 0.2) is 23.6 Å². The van der Waals surface area contributed by atoms with Crippen molar-refractivity contribution >= 4 is 29.2 Å². The summed E-state index contributed by atoms with van der Waals surface area (Å²) < 4.78 is 14.6. The van der Waals surface area contributed by atoms with Crippen molar-refractivity contribution in [2.75, 3.05) is 7.11 Å². The average Bonchev–Trinajstić information content (AvgIpc) is 2.97. The van der Waals surface area contributed by atoms with Crippen molar-refractivity contribution < 1.29 is 28.6 Å². The Morgan fingerprint density at radius 1 is 1.04 bits per heavy atom. The fraction of sp³-hybridized carbons (Fsp3) is 0.200. The predicted molar refractivity (Wildman–Crippen MR) is 81.5 cm³/mol. The summed E-state index contributed by atoms with van der Waals surface area (Å²) in [5, 5.41) is 2.10. The molecule has 23 heavy (non-hydrogen) atoms. The smallest absolute Gasteiger partial charge is 0.357 e. The zero-order chi connectivity index (χ0) is 17.0. The van der Waals surface area contributed by atoms with Crippen molar-refractivity contribution in [3.63, 3.8) is 0 Å². The highest BCUT2D eigenvalue weighted by molar-refractivity contribution is 7.13. The Morgan fingerprint density at radius 3 is 2.30 bits per heavy atom. The van der Waals surface area contributed by atoms with Gasteiger partial charge in [-0.3, -0.25) is 9.59 Å². The SMILES string of the molecule is COC(=O)c1csc(-c2ccc(OC(C)=O)c(OC(C)=O)c2)n1. The number of methoxy groups -OCH3 is 1. The Morgan fingerprint density at radius 2 is 1.70 bits per heavy atom. The normalized spacial score (nSPS) is 10.0. The Balaban J connectivity index is 2.39. The van der Waals surface area contributed by atoms with Gasteiger partial charge in [-0.15, -0.1) is 11.3 Å². The van der Waals surface area contributed by atoms with Crippen molar-refractivity contribution in [1.29, 1.82) is 0 Å². The van der Waals surface area contributed by atoms with Crippen LogP contribution in [0.3, 0.4) is 0 Å². The van der Waals surface area contributed by atoms with Gasteiger partial charge >= 0.3 is 17.9 Å². The summed E-state index contributed by atoms with van der Waals surface area (Å²) in [5.74, 6) is -1.40. The third-order valence-electron chi connectivity index (χ3n) is 2.60. The van der Waals surface area contributed by atoms with E-state index in [4.69, 9.17) is 9.47 Å². The molecule has 0 bridgehead atoms. The third-order valence-corrected chi connectivity index (χ3v) is 3.49. The summed E-state index contributed by atoms with van der Waals surface area (Å²) in [6.07, 6.45) is 0. The fourth-order valence-electron chi connectivity index (χ4n) is 1.72. The molecule has 1 aromatic carbocycles. The molecule has 0 aliphatic carbocycles. The second-order valence-corrected chi connectivity index (χ2v) is 5.24. The van der Waals surface area contributed by atoms with Gasteiger partial charge in [-0.2, -0.15) is 0 Å². The molecule has 0 aliphatic rings. The highest BCUT2D eigenvalue weighted by Crippen LogP contribution is 2.34. The maximum absolute atomic E-state index is 11.4. The lowest BCUT2D eigenvalue weighted by molar-refractivity contribution is -0.134. The summed E-state index contributed by atoms with van der Waals surface area (Å²) in [6, 6.07) is 4.65. The highest BCUT2D eigenvalue weighted by Gasteiger charge is 2.16. The maximum Gasteiger partial charge on any atom is 0.357 e. The van der Waals surface area contributed by atoms with Gasteiger partial charge in [0.1, 0.15) is 5.01 Å². The summed E-state index contributed by atoms with van der Waals surface area (Å²) in [6.45, 7) is 2.48. The first-order valence-corrected chi connectivity index (χ1v) is 7.33. The average molecular weight is 335 g/mol. The molecule has 0 spiro atoms. The maximum atomic E-state index is 11.4. The number of hydrogen-bond donors (Lipinski definition) is 0. The molecule has 1 heterocycles. The summed E-state index contributed by atoms with van der Waals surface area (Å²) in [5.41, 5.74) is 0.794. The van der Waals surface area contributed by atoms with Gasteiger partial charge in [0.25, 0.3) is 0 Å². The Kier molecular flexibility index (Phi) is 5.07. The molecule has 2 aromatic rings. The second kappa shape index (κ2) is 7.01. The Hall–Kier alpha value is -2.74. The molecule has 0 saturated carbocycles. The molecule has 2 rings (SSSR count). The molecular weight excluding hydrogens is 322 g/mol. The molecule has 0 radical (unpaired) electrons. The lowest BCUT2D eigenvalue weighted by Crippen LogP contribution is -2.07. The van der Waals surface area contributed by atoms with E-state index in [0.717, 1.165) is 0 Å². The zero-order valence-corrected chi connectivity index (χ0v) is 13.4. The number of carbonyl (C=O) groups excluding carboxylic acids is 3. The molecule has 1 aromatic heterocycles. The highest BCUT2D eigenvalue weighted by atomic mass is 32.1. The first-order chi connectivity index (χ1) is 10.9. The number of aromatic nitrogens is 1. The number of nitrogens with zero attached hydrogens (tertiary/aromatic N) is 1. The number of rotatable bonds is 4. The number of ether oxygens (including phenoxy) is 3. The molecule has 0 amide bonds. The van der Waals surface area contributed by atoms with E-state index in [9.17, 15) is 14.4 Å². The van der Waals surface area contributed by atoms with Gasteiger partial charge in [-0.25, -0.2) is 9.78 Å². The van der Waals surface area contributed by atoms with E-state index in [1.165, 1.54) is 44.4 Å². The van der Waals surface area contributed by atoms with Gasteiger partial charge in [-0.1, -0.05) is 0 Å². The summed E-state index contributed by atoms with van der Waals surface area (Å²) >= 11 is 1.23. The molecule has 120 valence electrons. The molecule has 0 atom stereocenters. The summed E-state index contributed by atoms with van der Waals surface area (Å²) in [4.78, 5) is 37.9. The number of benzene rings is 1. The van der Waals surface area contributed by atoms with Crippen LogP contribution in [0.2, 0.25) is 0 Å². The Bertz CT molecular complexity index is 767. The van der Waals surface area contributed by atoms with Crippen molar-refractivity contribution in [2.45, 2.75) is 13.8 Å². The second-order valence-electron chi connectivity index (χ2n) is 4.38. The molecule has 0 saturated heterocycles. The van der Waals surface area contributed by atoms with Crippen LogP contribution >= 0.6 is 11.3 Å². The molecule has 0 unspecified atom stereocenters. The first kappa shape index (κ1) is 16.6. The molecule has 7 nitrogen and oxygen atoms in total. The topological polar surface area (TPSA) is 91.8 Å². The van der Waals surface area contributed by atoms with Gasteiger partial charge in [0.05, 0.1) is 7.11 Å². The predicted octanol–water partition coefficient (Wildman–Crippen LogP) is 2.45. The fourth-order valence-corrected chi connectivity index (χ4v) is 2.51. The van der Waals surface area contributed by atoms with E-state index in [-0.39, 0.29) is 17.2 Å². The molecule has 0 N–H and O–H groups in total. The quantitative estimate of drug-likeness (QED) is 0.626. The molecular formula is C15H13NO6S. The largest absolute Gasteiger partial charge is 0.464 e. The van der Waals surface area contributed by atoms with Crippen LogP contribution in [0, 0.1) is 0 Å². The molecule has 8 heteroatoms. The van der Waals surface area contributed by atoms with Crippen LogP contribution in [-0.4, -0.2) is 30.0 Å². The van der Waals surface area contributed by atoms with Gasteiger partial charge in [0, 0.05) is 24.8 Å². The van der Waals surface area contributed by atoms with Crippen LogP contribution in [0.5, 0.6) is 11.5 Å². The van der Waals surface area contributed by atoms with E-state index in [2.05, 4.69) is 9.72 Å². The van der Waals surface area contributed by atoms with E-state index in [1.54, 1.807) is 11.4 Å². The third kappa shape index (κ3) is 4.13. The van der Waals surface area contributed by atoms with Crippen molar-refractivity contribution in [2.24, 2.45) is 0 Å². The molecule has 0 fully saturated rings. The van der Waals surface area contributed by atoms with Crippen molar-refractivity contribution in [3.8, 4) is 22.1 Å². The summed E-state index contributed by atoms with van der Waals surface area (Å²) in [7, 11) is 1.27. The van der Waals surface area contributed by atoms with Crippen molar-refractivity contribution in [1.82, 2.24) is 4.98 Å². The van der Waals surface area contributed by atoms with E-state index >= 15 is 0 Å². The van der Waals surface area contributed by atoms with Gasteiger partial charge in [0.15, 0.2) is 17.2 Å². The van der Waals surface area contributed by atoms with Gasteiger partial charge in [0.2, 0.25) is 0 Å². The monoisotopic (exact) mass is 335 g/mol. The standard InChI is InChI=1S/C15H13NO6S/c1-8(17)21-12-5-4-10(6-13(12)22-9(2)18)14-16-11(7-23-14)15(19)20-3/h4-7H,1-3H3. The lowest BCUT2D eigenvalue weighted by atomic mass is 10.2. The van der Waals surface area contributed by atoms with E-state index < -0.39 is 17.9 Å². The first-order valence-electron chi connectivity index (χ1n) is 6.45. The van der Waals surface area contributed by atoms with E-state index in [1.807, 2.05) is 0 Å². The minimum Gasteiger partial charge on any atom is -0.464 e. The van der Waals surface area contributed by atoms with Crippen LogP contribution < -0.4 is 9.47 Å². The van der Waals surface area contributed by atoms with Crippen LogP contribution in [-0.2, 0) is 14.3 Å². The minimum absolute atomic E-state index is 0.0972. The number of thiazole rings is 1. The van der Waals surface area contributed by atoms with E-state index in [0.29, 0.717) is 10.6 Å². The number of hydrogen-bond acceptors (Lipinski definition) is 8. The number of carbonyl (C=O) groups is 3. The zero-order valence-electron chi connectivity index (χ0n) is 12.6. The number of esters is 3. The van der Waals surface area contributed by atoms with Crippen LogP contribution in [0.4, 0.5) is 0 Å². The van der Waals surface area contributed by atoms with Gasteiger partial charge < -0.3 is 14.2 Å². The Labute approximate surface area is 135 Å². The van der Waals surface area contributed by atoms with Crippen LogP contribution in [0.25, 0.3) is 10.6 Å². The van der Waals surface area contributed by atoms with Crippen LogP contribution in [0.1, 0.15) is 24.3 Å². The van der Waals surface area contributed by atoms with Crippen molar-refractivity contribution in [3.05, 3.63) is 29.3 Å². The molecule has 0 aliphatic heterocycles. The van der Waals surface area contributed by atoms with Gasteiger partial charge in [-0.05, 0) is 18.2 Å².